The van der Waals surface area contributed by atoms with Crippen LogP contribution < -0.4 is 5.32 Å². The topological polar surface area (TPSA) is 12.0 Å². The molecule has 0 aromatic heterocycles. The van der Waals surface area contributed by atoms with Crippen LogP contribution in [-0.4, -0.2) is 19.8 Å². The van der Waals surface area contributed by atoms with Crippen LogP contribution in [0, 0.1) is 0 Å². The molecule has 0 heterocycles. The predicted octanol–water partition coefficient (Wildman–Crippen LogP) is 1.08. The maximum Gasteiger partial charge on any atom is 0.133 e. The Morgan fingerprint density at radius 3 is 2.12 bits per heavy atom. The van der Waals surface area contributed by atoms with Crippen molar-refractivity contribution in [2.24, 2.45) is 0 Å². The van der Waals surface area contributed by atoms with Crippen LogP contribution in [-0.2, 0) is 0 Å². The molecule has 0 fully saturated rings. The van der Waals surface area contributed by atoms with Crippen molar-refractivity contribution in [2.45, 2.75) is 32.5 Å². The molecule has 0 saturated heterocycles. The third kappa shape index (κ3) is 1.87. The van der Waals surface area contributed by atoms with E-state index in [0.717, 1.165) is 6.42 Å². The predicted molar refractivity (Wildman–Crippen MR) is 39.4 cm³/mol. The molecule has 1 atom stereocenters. The Balaban J connectivity index is 3.58. The highest BCUT2D eigenvalue weighted by molar-refractivity contribution is 6.38. The van der Waals surface area contributed by atoms with Crippen LogP contribution in [0.25, 0.3) is 0 Å². The molecule has 0 aliphatic carbocycles. The molecule has 0 aromatic rings. The fourth-order valence-electron chi connectivity index (χ4n) is 0.525. The minimum absolute atomic E-state index is 0.250. The molecule has 0 amide bonds. The average Bonchev–Trinajstić information content (AvgIpc) is 1.87. The van der Waals surface area contributed by atoms with E-state index in [0.29, 0.717) is 0 Å². The summed E-state index contributed by atoms with van der Waals surface area (Å²) in [6, 6.07) is 0. The summed E-state index contributed by atoms with van der Waals surface area (Å²) in [5.74, 6) is 0. The van der Waals surface area contributed by atoms with Crippen molar-refractivity contribution in [2.75, 3.05) is 7.05 Å². The fraction of sp³-hybridized carbons (Fsp3) is 1.00. The lowest BCUT2D eigenvalue weighted by Crippen LogP contribution is -2.43. The molecular weight excluding hydrogens is 96.9 g/mol. The second-order valence-corrected chi connectivity index (χ2v) is 2.31. The van der Waals surface area contributed by atoms with Gasteiger partial charge in [-0.1, -0.05) is 20.7 Å². The fourth-order valence-corrected chi connectivity index (χ4v) is 0.525. The van der Waals surface area contributed by atoms with Gasteiger partial charge in [0, 0.05) is 0 Å². The van der Waals surface area contributed by atoms with Gasteiger partial charge in [0.15, 0.2) is 0 Å². The van der Waals surface area contributed by atoms with Crippen molar-refractivity contribution < 1.29 is 0 Å². The van der Waals surface area contributed by atoms with E-state index >= 15 is 0 Å². The molecule has 0 aromatic carbocycles. The van der Waals surface area contributed by atoms with E-state index in [9.17, 15) is 0 Å². The molecule has 1 nitrogen and oxygen atoms in total. The summed E-state index contributed by atoms with van der Waals surface area (Å²) in [6.07, 6.45) is 1.15. The molecule has 0 aliphatic rings. The SMILES string of the molecule is C[B]C(C)(CC)NC. The van der Waals surface area contributed by atoms with Crippen molar-refractivity contribution >= 4 is 7.28 Å². The number of hydrogen-bond acceptors (Lipinski definition) is 1. The minimum Gasteiger partial charge on any atom is -0.322 e. The lowest BCUT2D eigenvalue weighted by molar-refractivity contribution is 0.518. The second-order valence-electron chi connectivity index (χ2n) is 2.31. The number of rotatable bonds is 3. The van der Waals surface area contributed by atoms with E-state index in [2.05, 4.69) is 33.3 Å². The maximum atomic E-state index is 3.22. The van der Waals surface area contributed by atoms with Crippen molar-refractivity contribution in [3.8, 4) is 0 Å². The van der Waals surface area contributed by atoms with Gasteiger partial charge in [-0.05, 0) is 18.9 Å². The lowest BCUT2D eigenvalue weighted by atomic mass is 9.60. The van der Waals surface area contributed by atoms with Crippen LogP contribution in [0.15, 0.2) is 0 Å². The molecule has 47 valence electrons. The lowest BCUT2D eigenvalue weighted by Gasteiger charge is -2.25. The van der Waals surface area contributed by atoms with Crippen molar-refractivity contribution in [1.29, 1.82) is 0 Å². The standard InChI is InChI=1S/C6H15BN/c1-5-6(2,7-3)8-4/h8H,5H2,1-4H3. The molecule has 1 radical (unpaired) electrons. The second kappa shape index (κ2) is 3.13. The molecule has 0 bridgehead atoms. The zero-order valence-electron chi connectivity index (χ0n) is 6.28. The Labute approximate surface area is 53.1 Å². The highest BCUT2D eigenvalue weighted by atomic mass is 14.9. The van der Waals surface area contributed by atoms with Crippen LogP contribution in [0.4, 0.5) is 0 Å². The average molecular weight is 112 g/mol. The van der Waals surface area contributed by atoms with E-state index in [1.165, 1.54) is 0 Å². The van der Waals surface area contributed by atoms with Crippen molar-refractivity contribution in [3.05, 3.63) is 0 Å². The van der Waals surface area contributed by atoms with Gasteiger partial charge in [-0.2, -0.15) is 0 Å². The summed E-state index contributed by atoms with van der Waals surface area (Å²) in [5, 5.41) is 3.22. The molecule has 0 aliphatic heterocycles. The van der Waals surface area contributed by atoms with Gasteiger partial charge in [-0.25, -0.2) is 0 Å². The molecule has 0 spiro atoms. The van der Waals surface area contributed by atoms with Crippen LogP contribution in [0.3, 0.4) is 0 Å². The smallest absolute Gasteiger partial charge is 0.133 e. The molecule has 1 N–H and O–H groups in total. The zero-order chi connectivity index (χ0) is 6.62. The zero-order valence-corrected chi connectivity index (χ0v) is 6.28. The molecule has 0 rings (SSSR count). The molecule has 8 heavy (non-hydrogen) atoms. The molecule has 1 unspecified atom stereocenters. The van der Waals surface area contributed by atoms with Gasteiger partial charge in [0.1, 0.15) is 7.28 Å². The molecule has 0 saturated carbocycles. The normalized spacial score (nSPS) is 17.5. The molecular formula is C6H15BN. The van der Waals surface area contributed by atoms with Gasteiger partial charge in [0.2, 0.25) is 0 Å². The van der Waals surface area contributed by atoms with Gasteiger partial charge < -0.3 is 5.32 Å². The van der Waals surface area contributed by atoms with Crippen molar-refractivity contribution in [1.82, 2.24) is 5.32 Å². The Morgan fingerprint density at radius 1 is 1.62 bits per heavy atom. The van der Waals surface area contributed by atoms with Crippen LogP contribution in [0.1, 0.15) is 20.3 Å². The van der Waals surface area contributed by atoms with E-state index in [1.807, 2.05) is 7.05 Å². The summed E-state index contributed by atoms with van der Waals surface area (Å²) in [7, 11) is 4.18. The quantitative estimate of drug-likeness (QED) is 0.538. The first kappa shape index (κ1) is 8.02. The summed E-state index contributed by atoms with van der Waals surface area (Å²) < 4.78 is 0. The minimum atomic E-state index is 0.250. The first-order valence-electron chi connectivity index (χ1n) is 3.18. The molecule has 2 heteroatoms. The number of hydrogen-bond donors (Lipinski definition) is 1. The van der Waals surface area contributed by atoms with Crippen LogP contribution in [0.5, 0.6) is 0 Å². The third-order valence-corrected chi connectivity index (χ3v) is 1.94. The van der Waals surface area contributed by atoms with Gasteiger partial charge in [-0.15, -0.1) is 0 Å². The van der Waals surface area contributed by atoms with E-state index < -0.39 is 0 Å². The third-order valence-electron chi connectivity index (χ3n) is 1.94. The highest BCUT2D eigenvalue weighted by Crippen LogP contribution is 2.04. The Morgan fingerprint density at radius 2 is 2.12 bits per heavy atom. The van der Waals surface area contributed by atoms with Crippen LogP contribution >= 0.6 is 0 Å². The van der Waals surface area contributed by atoms with Crippen LogP contribution in [0.2, 0.25) is 6.82 Å². The van der Waals surface area contributed by atoms with Gasteiger partial charge in [-0.3, -0.25) is 0 Å². The van der Waals surface area contributed by atoms with Gasteiger partial charge >= 0.3 is 0 Å². The van der Waals surface area contributed by atoms with E-state index in [-0.39, 0.29) is 5.44 Å². The van der Waals surface area contributed by atoms with Crippen molar-refractivity contribution in [3.63, 3.8) is 0 Å². The first-order valence-corrected chi connectivity index (χ1v) is 3.18. The summed E-state index contributed by atoms with van der Waals surface area (Å²) in [5.41, 5.74) is 0.250. The monoisotopic (exact) mass is 112 g/mol. The van der Waals surface area contributed by atoms with E-state index in [4.69, 9.17) is 0 Å². The Bertz CT molecular complexity index is 51.3. The number of nitrogens with one attached hydrogen (secondary N) is 1. The summed E-state index contributed by atoms with van der Waals surface area (Å²) in [4.78, 5) is 0. The van der Waals surface area contributed by atoms with Gasteiger partial charge in [0.25, 0.3) is 0 Å². The van der Waals surface area contributed by atoms with Gasteiger partial charge in [0.05, 0.1) is 0 Å². The summed E-state index contributed by atoms with van der Waals surface area (Å²) >= 11 is 0. The van der Waals surface area contributed by atoms with E-state index in [1.54, 1.807) is 0 Å². The Kier molecular flexibility index (Phi) is 3.14. The highest BCUT2D eigenvalue weighted by Gasteiger charge is 2.15. The first-order chi connectivity index (χ1) is 3.68. The Hall–Kier alpha value is 0.0249. The summed E-state index contributed by atoms with van der Waals surface area (Å²) in [6.45, 7) is 6.45. The maximum absolute atomic E-state index is 3.22. The largest absolute Gasteiger partial charge is 0.322 e.